The second-order valence-corrected chi connectivity index (χ2v) is 4.51. The van der Waals surface area contributed by atoms with E-state index in [0.717, 1.165) is 25.8 Å². The average Bonchev–Trinajstić information content (AvgIpc) is 2.45. The molecule has 1 saturated heterocycles. The normalized spacial score (nSPS) is 12.4. The third-order valence-corrected chi connectivity index (χ3v) is 2.37. The standard InChI is InChI=1S/C8H10.C5H9NO.C2H6O.CH4O2.H2/c1-7-3-5-8(2)6-4-7;7-5-3-1-2-4-6-5;1-3-2;2-1-3;/h3-6H,1-2H3;1-4H2,(H,6,7);1-2H3;2-3H,1H2;1H. The molecule has 0 aromatic heterocycles. The minimum absolute atomic E-state index is 0. The Labute approximate surface area is 129 Å². The van der Waals surface area contributed by atoms with Gasteiger partial charge in [0.25, 0.3) is 0 Å². The van der Waals surface area contributed by atoms with Crippen molar-refractivity contribution in [3.05, 3.63) is 35.4 Å². The molecule has 5 heteroatoms. The number of rotatable bonds is 0. The Kier molecular flexibility index (Phi) is 17.3. The highest BCUT2D eigenvalue weighted by Gasteiger charge is 2.04. The predicted octanol–water partition coefficient (Wildman–Crippen LogP) is 2.03. The molecule has 3 N–H and O–H groups in total. The van der Waals surface area contributed by atoms with Crippen LogP contribution >= 0.6 is 0 Å². The van der Waals surface area contributed by atoms with Gasteiger partial charge in [0.1, 0.15) is 6.79 Å². The molecule has 124 valence electrons. The third-order valence-electron chi connectivity index (χ3n) is 2.37. The number of carbonyl (C=O) groups is 1. The minimum Gasteiger partial charge on any atom is -0.388 e. The number of hydrogen-bond donors (Lipinski definition) is 3. The monoisotopic (exact) mass is 301 g/mol. The van der Waals surface area contributed by atoms with Gasteiger partial charge in [-0.1, -0.05) is 35.4 Å². The van der Waals surface area contributed by atoms with E-state index < -0.39 is 6.79 Å². The molecule has 21 heavy (non-hydrogen) atoms. The van der Waals surface area contributed by atoms with Crippen LogP contribution in [0.15, 0.2) is 24.3 Å². The highest BCUT2D eigenvalue weighted by atomic mass is 16.5. The molecule has 1 aliphatic heterocycles. The maximum absolute atomic E-state index is 10.4. The highest BCUT2D eigenvalue weighted by molar-refractivity contribution is 5.76. The Hall–Kier alpha value is -1.43. The molecule has 0 atom stereocenters. The van der Waals surface area contributed by atoms with Gasteiger partial charge in [-0.3, -0.25) is 4.79 Å². The summed E-state index contributed by atoms with van der Waals surface area (Å²) < 4.78 is 4.25. The summed E-state index contributed by atoms with van der Waals surface area (Å²) in [6.45, 7) is 4.33. The average molecular weight is 301 g/mol. The van der Waals surface area contributed by atoms with Gasteiger partial charge in [0.2, 0.25) is 5.91 Å². The largest absolute Gasteiger partial charge is 0.388 e. The maximum Gasteiger partial charge on any atom is 0.219 e. The number of benzene rings is 1. The Balaban J connectivity index is -0.000000237. The van der Waals surface area contributed by atoms with Gasteiger partial charge in [-0.25, -0.2) is 0 Å². The fourth-order valence-corrected chi connectivity index (χ4v) is 1.36. The lowest BCUT2D eigenvalue weighted by molar-refractivity contribution is -0.122. The summed E-state index contributed by atoms with van der Waals surface area (Å²) in [5.41, 5.74) is 2.66. The molecule has 1 aliphatic rings. The van der Waals surface area contributed by atoms with Crippen molar-refractivity contribution >= 4 is 5.91 Å². The SMILES string of the molecule is COC.Cc1ccc(C)cc1.O=C1CCCCN1.OCO.[HH]. The first kappa shape index (κ1) is 21.9. The first-order chi connectivity index (χ1) is 10.0. The van der Waals surface area contributed by atoms with E-state index in [2.05, 4.69) is 48.2 Å². The number of hydrogen-bond acceptors (Lipinski definition) is 4. The molecule has 2 rings (SSSR count). The van der Waals surface area contributed by atoms with Gasteiger partial charge in [-0.05, 0) is 26.7 Å². The number of carbonyl (C=O) groups excluding carboxylic acids is 1. The number of nitrogens with one attached hydrogen (secondary N) is 1. The van der Waals surface area contributed by atoms with E-state index in [1.165, 1.54) is 11.1 Å². The van der Waals surface area contributed by atoms with Crippen molar-refractivity contribution < 1.29 is 21.2 Å². The summed E-state index contributed by atoms with van der Waals surface area (Å²) in [5.74, 6) is 0.214. The van der Waals surface area contributed by atoms with Crippen molar-refractivity contribution in [1.29, 1.82) is 0 Å². The molecular weight excluding hydrogens is 270 g/mol. The summed E-state index contributed by atoms with van der Waals surface area (Å²) in [6, 6.07) is 8.48. The minimum atomic E-state index is -0.750. The van der Waals surface area contributed by atoms with Crippen molar-refractivity contribution in [2.75, 3.05) is 27.6 Å². The second kappa shape index (κ2) is 16.6. The number of aliphatic hydroxyl groups is 2. The Bertz CT molecular complexity index is 314. The van der Waals surface area contributed by atoms with Gasteiger partial charge in [-0.2, -0.15) is 0 Å². The Morgan fingerprint density at radius 3 is 1.67 bits per heavy atom. The number of aliphatic hydroxyl groups excluding tert-OH is 1. The molecule has 0 saturated carbocycles. The predicted molar refractivity (Wildman–Crippen MR) is 87.1 cm³/mol. The van der Waals surface area contributed by atoms with Crippen LogP contribution in [0.4, 0.5) is 0 Å². The van der Waals surface area contributed by atoms with Gasteiger partial charge in [0, 0.05) is 28.6 Å². The summed E-state index contributed by atoms with van der Waals surface area (Å²) >= 11 is 0. The third kappa shape index (κ3) is 18.6. The molecule has 1 aromatic rings. The number of amides is 1. The van der Waals surface area contributed by atoms with E-state index in [1.807, 2.05) is 0 Å². The van der Waals surface area contributed by atoms with Crippen LogP contribution in [0, 0.1) is 13.8 Å². The van der Waals surface area contributed by atoms with Gasteiger partial charge >= 0.3 is 0 Å². The molecule has 0 spiro atoms. The Morgan fingerprint density at radius 2 is 1.48 bits per heavy atom. The summed E-state index contributed by atoms with van der Waals surface area (Å²) in [7, 11) is 3.25. The maximum atomic E-state index is 10.4. The van der Waals surface area contributed by atoms with Crippen molar-refractivity contribution in [3.63, 3.8) is 0 Å². The quantitative estimate of drug-likeness (QED) is 0.641. The molecular formula is C16H31NO4. The molecule has 0 radical (unpaired) electrons. The van der Waals surface area contributed by atoms with Crippen LogP contribution < -0.4 is 5.32 Å². The highest BCUT2D eigenvalue weighted by Crippen LogP contribution is 1.99. The fourth-order valence-electron chi connectivity index (χ4n) is 1.36. The zero-order valence-corrected chi connectivity index (χ0v) is 13.6. The van der Waals surface area contributed by atoms with Gasteiger partial charge in [0.05, 0.1) is 0 Å². The van der Waals surface area contributed by atoms with Crippen molar-refractivity contribution in [1.82, 2.24) is 5.32 Å². The first-order valence-electron chi connectivity index (χ1n) is 6.93. The van der Waals surface area contributed by atoms with Crippen LogP contribution in [0.3, 0.4) is 0 Å². The van der Waals surface area contributed by atoms with E-state index in [1.54, 1.807) is 14.2 Å². The molecule has 1 heterocycles. The summed E-state index contributed by atoms with van der Waals surface area (Å²) in [4.78, 5) is 10.4. The molecule has 0 aliphatic carbocycles. The summed E-state index contributed by atoms with van der Waals surface area (Å²) in [6.07, 6.45) is 2.97. The fraction of sp³-hybridized carbons (Fsp3) is 0.562. The number of methoxy groups -OCH3 is 1. The van der Waals surface area contributed by atoms with Crippen LogP contribution in [0.1, 0.15) is 31.8 Å². The first-order valence-corrected chi connectivity index (χ1v) is 6.93. The van der Waals surface area contributed by atoms with Crippen molar-refractivity contribution in [2.45, 2.75) is 33.1 Å². The van der Waals surface area contributed by atoms with Gasteiger partial charge in [0.15, 0.2) is 0 Å². The topological polar surface area (TPSA) is 78.8 Å². The van der Waals surface area contributed by atoms with E-state index in [-0.39, 0.29) is 7.33 Å². The van der Waals surface area contributed by atoms with Crippen molar-refractivity contribution in [2.24, 2.45) is 0 Å². The molecule has 0 unspecified atom stereocenters. The number of piperidine rings is 1. The lowest BCUT2D eigenvalue weighted by Crippen LogP contribution is -2.28. The van der Waals surface area contributed by atoms with Gasteiger partial charge in [-0.15, -0.1) is 0 Å². The second-order valence-electron chi connectivity index (χ2n) is 4.51. The number of ether oxygens (including phenoxy) is 1. The van der Waals surface area contributed by atoms with Crippen LogP contribution in [0.2, 0.25) is 0 Å². The van der Waals surface area contributed by atoms with Crippen LogP contribution in [-0.2, 0) is 9.53 Å². The Morgan fingerprint density at radius 1 is 1.10 bits per heavy atom. The van der Waals surface area contributed by atoms with Crippen LogP contribution in [0.5, 0.6) is 0 Å². The molecule has 0 bridgehead atoms. The molecule has 1 fully saturated rings. The van der Waals surface area contributed by atoms with Crippen LogP contribution in [-0.4, -0.2) is 43.7 Å². The number of aryl methyl sites for hydroxylation is 2. The zero-order valence-electron chi connectivity index (χ0n) is 13.6. The van der Waals surface area contributed by atoms with Crippen LogP contribution in [0.25, 0.3) is 0 Å². The lowest BCUT2D eigenvalue weighted by atomic mass is 10.2. The van der Waals surface area contributed by atoms with E-state index in [9.17, 15) is 4.79 Å². The lowest BCUT2D eigenvalue weighted by Gasteiger charge is -2.08. The molecule has 5 nitrogen and oxygen atoms in total. The zero-order chi connectivity index (χ0) is 16.5. The van der Waals surface area contributed by atoms with E-state index in [4.69, 9.17) is 10.2 Å². The van der Waals surface area contributed by atoms with Crippen molar-refractivity contribution in [3.8, 4) is 0 Å². The molecule has 1 amide bonds. The van der Waals surface area contributed by atoms with E-state index in [0.29, 0.717) is 0 Å². The van der Waals surface area contributed by atoms with E-state index >= 15 is 0 Å². The van der Waals surface area contributed by atoms with Gasteiger partial charge < -0.3 is 20.3 Å². The molecule has 1 aromatic carbocycles. The summed E-state index contributed by atoms with van der Waals surface area (Å²) in [5, 5.41) is 17.0. The smallest absolute Gasteiger partial charge is 0.219 e.